The largest absolute Gasteiger partial charge is 0.384 e. The zero-order chi connectivity index (χ0) is 90.3. The maximum atomic E-state index is 14.1. The molecule has 131 heavy (non-hydrogen) atoms. The molecule has 32 heteroatoms. The first-order valence-corrected chi connectivity index (χ1v) is 44.4. The molecule has 11 aromatic rings. The van der Waals surface area contributed by atoms with Gasteiger partial charge < -0.3 is 44.7 Å². The van der Waals surface area contributed by atoms with Gasteiger partial charge in [-0.1, -0.05) is 97.0 Å². The second kappa shape index (κ2) is 38.6. The number of carbonyl (C=O) groups excluding carboxylic acids is 9. The number of nitrogens with zero attached hydrogens (tertiary/aromatic N) is 16. The van der Waals surface area contributed by atoms with Gasteiger partial charge in [0.2, 0.25) is 35.4 Å². The van der Waals surface area contributed by atoms with Gasteiger partial charge in [-0.25, -0.2) is 37.7 Å². The lowest BCUT2D eigenvalue weighted by Crippen LogP contribution is -2.52. The molecule has 5 aromatic carbocycles. The zero-order valence-electron chi connectivity index (χ0n) is 72.0. The van der Waals surface area contributed by atoms with Crippen LogP contribution in [0.25, 0.3) is 34.1 Å². The number of piperazine rings is 2. The predicted octanol–water partition coefficient (Wildman–Crippen LogP) is 8.89. The highest BCUT2D eigenvalue weighted by Crippen LogP contribution is 2.40. The van der Waals surface area contributed by atoms with Gasteiger partial charge in [0.05, 0.1) is 42.4 Å². The lowest BCUT2D eigenvalue weighted by molar-refractivity contribution is -0.138. The Bertz CT molecular complexity index is 6440. The van der Waals surface area contributed by atoms with Gasteiger partial charge in [0.25, 0.3) is 17.7 Å². The number of rotatable bonds is 12. The van der Waals surface area contributed by atoms with E-state index in [0.717, 1.165) is 194 Å². The SMILES string of the molecule is CCC#Cc1ccc2c(c1)C(=O)N(C1CCC(=O)NC1=O)C2.Fc1cccc([C@H]2CCCN2c2ccc3ncc(-c4cccc(N5CCNCC5)n4)n3n2)c1.O=C1CCC(N2Cc3ccc(C#CCN4CCN(c5cccc(-c6cnc7ccc(N8CCC[C@@H]8c8cccc(F)c8)nn67)n5)CC4)cc3C2=O)C(=O)N1.O=C1CCC(N2Cc3ccc(C#CCO)cc3C2=O)C(=O)N1. The Morgan fingerprint density at radius 2 is 0.824 bits per heavy atom. The van der Waals surface area contributed by atoms with Crippen LogP contribution in [-0.2, 0) is 48.4 Å². The number of fused-ring (bicyclic) bond motifs is 5. The Hall–Kier alpha value is -14.9. The summed E-state index contributed by atoms with van der Waals surface area (Å²) < 4.78 is 31.7. The van der Waals surface area contributed by atoms with Crippen LogP contribution in [0, 0.1) is 47.2 Å². The highest BCUT2D eigenvalue weighted by atomic mass is 19.1. The van der Waals surface area contributed by atoms with Gasteiger partial charge in [0.15, 0.2) is 11.3 Å². The third-order valence-corrected chi connectivity index (χ3v) is 25.2. The van der Waals surface area contributed by atoms with E-state index in [1.807, 2.05) is 125 Å². The summed E-state index contributed by atoms with van der Waals surface area (Å²) in [5.74, 6) is 18.3. The molecule has 0 saturated carbocycles. The van der Waals surface area contributed by atoms with Crippen molar-refractivity contribution in [2.24, 2.45) is 0 Å². The van der Waals surface area contributed by atoms with E-state index in [0.29, 0.717) is 67.7 Å². The van der Waals surface area contributed by atoms with Crippen LogP contribution in [0.1, 0.15) is 165 Å². The predicted molar refractivity (Wildman–Crippen MR) is 483 cm³/mol. The molecule has 5 atom stereocenters. The summed E-state index contributed by atoms with van der Waals surface area (Å²) in [6.45, 7) is 12.3. The number of piperidine rings is 3. The van der Waals surface area contributed by atoms with Crippen LogP contribution in [0.2, 0.25) is 0 Å². The van der Waals surface area contributed by atoms with E-state index in [1.165, 1.54) is 17.0 Å². The summed E-state index contributed by atoms with van der Waals surface area (Å²) in [6.07, 6.45) is 10.2. The molecule has 21 rings (SSSR count). The second-order valence-electron chi connectivity index (χ2n) is 33.5. The van der Waals surface area contributed by atoms with Crippen molar-refractivity contribution >= 4 is 87.7 Å². The van der Waals surface area contributed by atoms with Gasteiger partial charge in [-0.15, -0.1) is 10.2 Å². The normalized spacial score (nSPS) is 20.0. The Kier molecular flexibility index (Phi) is 25.6. The molecule has 0 bridgehead atoms. The van der Waals surface area contributed by atoms with E-state index >= 15 is 0 Å². The molecule has 664 valence electrons. The molecule has 7 saturated heterocycles. The van der Waals surface area contributed by atoms with Crippen LogP contribution in [0.5, 0.6) is 0 Å². The van der Waals surface area contributed by atoms with Gasteiger partial charge in [0, 0.05) is 144 Å². The molecular weight excluding hydrogens is 1670 g/mol. The van der Waals surface area contributed by atoms with Gasteiger partial charge in [0.1, 0.15) is 71.0 Å². The lowest BCUT2D eigenvalue weighted by Gasteiger charge is -2.34. The van der Waals surface area contributed by atoms with E-state index in [1.54, 1.807) is 58.3 Å². The van der Waals surface area contributed by atoms with Crippen molar-refractivity contribution in [2.45, 2.75) is 127 Å². The van der Waals surface area contributed by atoms with Gasteiger partial charge >= 0.3 is 0 Å². The topological polar surface area (TPSA) is 334 Å². The standard InChI is InChI=1S/C41H38FN9O3.C25H26FN7.C17H16N2O3.C16H14N2O4/c42-30-7-1-6-28(24-30)33-9-4-18-49(33)38-15-14-36-43-25-35(51(36)46-38)32-8-2-10-37(44-32)48-21-19-47(20-22-48)17-3-5-27-11-12-29-26-50(41(54)31(29)23-27)34-13-16-39(52)45-40(34)53;26-19-5-1-4-18(16-19)21-7-3-13-32(21)25-10-9-23-28-17-22(33(23)30-25)20-6-2-8-24(29-20)31-14-11-27-12-15-31;1-2-3-4-11-5-6-12-10-19(17(22)13(12)9-11)14-7-8-15(20)18-16(14)21;19-7-1-2-10-3-4-11-9-18(16(22)12(11)8-10)13-5-6-14(20)17-15(13)21/h1-2,6-8,10-12,14-15,23-25,33-34H,4,9,13,16-22,26H2,(H,45,52,53);1-2,4-6,8-10,16-17,21,27H,3,7,11-15H2;5-6,9,14H,2,7-8,10H2,1H3,(H,18,20,21);3-4,8,13,19H,5-7,9H2,(H,17,20,21)/t33-,34?;21-;;/m11../s1. The number of aromatic nitrogens is 8. The second-order valence-corrected chi connectivity index (χ2v) is 33.5. The Labute approximate surface area is 753 Å². The van der Waals surface area contributed by atoms with Crippen molar-refractivity contribution in [2.75, 3.05) is 98.2 Å². The maximum absolute atomic E-state index is 14.1. The average Bonchev–Trinajstić information content (AvgIpc) is 1.65. The number of amides is 9. The van der Waals surface area contributed by atoms with Crippen molar-refractivity contribution in [3.8, 4) is 58.3 Å². The minimum atomic E-state index is -0.631. The number of imide groups is 3. The van der Waals surface area contributed by atoms with E-state index in [4.69, 9.17) is 25.3 Å². The van der Waals surface area contributed by atoms with Crippen LogP contribution in [0.15, 0.2) is 176 Å². The lowest BCUT2D eigenvalue weighted by atomic mass is 10.0. The number of halogens is 2. The molecule has 3 unspecified atom stereocenters. The number of nitrogens with one attached hydrogen (secondary N) is 4. The van der Waals surface area contributed by atoms with E-state index < -0.39 is 29.9 Å². The number of benzene rings is 5. The number of aliphatic hydroxyl groups is 1. The molecule has 16 heterocycles. The molecule has 6 aromatic heterocycles. The molecule has 30 nitrogen and oxygen atoms in total. The number of anilines is 4. The Morgan fingerprint density at radius 1 is 0.412 bits per heavy atom. The quantitative estimate of drug-likeness (QED) is 0.0563. The minimum absolute atomic E-state index is 0.0633. The van der Waals surface area contributed by atoms with Gasteiger partial charge in [-0.3, -0.25) is 64.0 Å². The first-order chi connectivity index (χ1) is 63.8. The minimum Gasteiger partial charge on any atom is -0.384 e. The highest BCUT2D eigenvalue weighted by Gasteiger charge is 2.43. The number of imidazole rings is 2. The summed E-state index contributed by atoms with van der Waals surface area (Å²) in [6, 6.07) is 48.7. The van der Waals surface area contributed by atoms with Crippen molar-refractivity contribution in [3.05, 3.63) is 249 Å². The van der Waals surface area contributed by atoms with Crippen LogP contribution in [0.4, 0.5) is 32.1 Å². The first-order valence-electron chi connectivity index (χ1n) is 44.4. The molecule has 7 fully saturated rings. The smallest absolute Gasteiger partial charge is 0.255 e. The van der Waals surface area contributed by atoms with Crippen LogP contribution >= 0.6 is 0 Å². The molecule has 9 amide bonds. The fraction of sp³-hybridized carbons (Fsp3) is 0.323. The summed E-state index contributed by atoms with van der Waals surface area (Å²) in [7, 11) is 0. The Morgan fingerprint density at radius 3 is 1.24 bits per heavy atom. The van der Waals surface area contributed by atoms with Crippen molar-refractivity contribution in [1.29, 1.82) is 0 Å². The van der Waals surface area contributed by atoms with Crippen molar-refractivity contribution < 1.29 is 57.0 Å². The number of carbonyl (C=O) groups is 9. The van der Waals surface area contributed by atoms with Crippen molar-refractivity contribution in [1.82, 2.24) is 80.0 Å². The van der Waals surface area contributed by atoms with Gasteiger partial charge in [-0.2, -0.15) is 0 Å². The third kappa shape index (κ3) is 18.9. The third-order valence-electron chi connectivity index (χ3n) is 25.2. The summed E-state index contributed by atoms with van der Waals surface area (Å²) in [4.78, 5) is 144. The number of hydrogen-bond donors (Lipinski definition) is 5. The first kappa shape index (κ1) is 86.8. The van der Waals surface area contributed by atoms with E-state index in [2.05, 4.69) is 97.3 Å². The summed E-state index contributed by atoms with van der Waals surface area (Å²) in [5.41, 5.74) is 13.3. The van der Waals surface area contributed by atoms with Crippen LogP contribution < -0.4 is 40.9 Å². The van der Waals surface area contributed by atoms with Crippen LogP contribution in [0.3, 0.4) is 0 Å². The monoisotopic (exact) mass is 1760 g/mol. The molecule has 0 aliphatic carbocycles. The van der Waals surface area contributed by atoms with E-state index in [-0.39, 0.29) is 90.9 Å². The highest BCUT2D eigenvalue weighted by molar-refractivity contribution is 6.08. The molecule has 0 radical (unpaired) electrons. The molecule has 10 aliphatic heterocycles. The van der Waals surface area contributed by atoms with Gasteiger partial charge in [-0.05, 0) is 182 Å². The summed E-state index contributed by atoms with van der Waals surface area (Å²) >= 11 is 0. The number of pyridine rings is 2. The fourth-order valence-electron chi connectivity index (χ4n) is 18.6. The zero-order valence-corrected chi connectivity index (χ0v) is 72.0. The van der Waals surface area contributed by atoms with Crippen LogP contribution in [-0.4, -0.2) is 214 Å². The average molecular weight is 1760 g/mol. The van der Waals surface area contributed by atoms with Crippen molar-refractivity contribution in [3.63, 3.8) is 0 Å². The fourth-order valence-corrected chi connectivity index (χ4v) is 18.6. The number of aliphatic hydroxyl groups excluding tert-OH is 1. The number of hydrogen-bond acceptors (Lipinski definition) is 22. The van der Waals surface area contributed by atoms with E-state index in [9.17, 15) is 51.9 Å². The maximum Gasteiger partial charge on any atom is 0.255 e. The molecule has 10 aliphatic rings. The Balaban J connectivity index is 0.000000127. The molecular formula is C99H94F2N20O10. The molecule has 5 N–H and O–H groups in total. The molecule has 0 spiro atoms. The summed E-state index contributed by atoms with van der Waals surface area (Å²) in [5, 5.41) is 29.0.